The van der Waals surface area contributed by atoms with Crippen molar-refractivity contribution in [3.8, 4) is 11.5 Å². The molecule has 1 rings (SSSR count). The van der Waals surface area contributed by atoms with E-state index in [9.17, 15) is 8.42 Å². The van der Waals surface area contributed by atoms with Crippen LogP contribution >= 0.6 is 0 Å². The minimum absolute atomic E-state index is 0.340. The lowest BCUT2D eigenvalue weighted by molar-refractivity contribution is 0.199. The van der Waals surface area contributed by atoms with Gasteiger partial charge in [-0.3, -0.25) is 0 Å². The Kier molecular flexibility index (Phi) is 9.60. The van der Waals surface area contributed by atoms with E-state index < -0.39 is 22.7 Å². The van der Waals surface area contributed by atoms with Crippen LogP contribution in [0.2, 0.25) is 16.6 Å². The average Bonchev–Trinajstić information content (AvgIpc) is 2.63. The lowest BCUT2D eigenvalue weighted by atomic mass is 10.2. The molecule has 0 unspecified atom stereocenters. The molecule has 0 aromatic heterocycles. The Labute approximate surface area is 186 Å². The Morgan fingerprint density at radius 1 is 1.00 bits per heavy atom. The second kappa shape index (κ2) is 10.8. The predicted octanol–water partition coefficient (Wildman–Crippen LogP) is 6.34. The fraction of sp³-hybridized carbons (Fsp3) is 0.600. The van der Waals surface area contributed by atoms with Gasteiger partial charge in [-0.15, -0.1) is 5.54 Å². The maximum atomic E-state index is 12.9. The van der Waals surface area contributed by atoms with Crippen molar-refractivity contribution in [3.05, 3.63) is 42.0 Å². The first-order chi connectivity index (χ1) is 13.8. The predicted molar refractivity (Wildman–Crippen MR) is 131 cm³/mol. The molecule has 0 aliphatic rings. The highest BCUT2D eigenvalue weighted by Gasteiger charge is 2.41. The van der Waals surface area contributed by atoms with Gasteiger partial charge in [-0.1, -0.05) is 77.3 Å². The minimum atomic E-state index is -3.47. The largest absolute Gasteiger partial charge is 0.365 e. The number of aryl methyl sites for hydroxylation is 1. The van der Waals surface area contributed by atoms with Gasteiger partial charge in [-0.25, -0.2) is 8.42 Å². The Hall–Kier alpha value is -1.35. The van der Waals surface area contributed by atoms with Crippen LogP contribution in [-0.4, -0.2) is 34.5 Å². The van der Waals surface area contributed by atoms with Crippen molar-refractivity contribution in [1.82, 2.24) is 0 Å². The molecule has 0 spiro atoms. The molecule has 0 saturated heterocycles. The van der Waals surface area contributed by atoms with Gasteiger partial charge in [-0.2, -0.15) is 0 Å². The van der Waals surface area contributed by atoms with Crippen molar-refractivity contribution in [1.29, 1.82) is 0 Å². The van der Waals surface area contributed by atoms with E-state index in [-0.39, 0.29) is 0 Å². The summed E-state index contributed by atoms with van der Waals surface area (Å²) < 4.78 is 30.5. The lowest BCUT2D eigenvalue weighted by Gasteiger charge is -2.38. The first-order valence-corrected chi connectivity index (χ1v) is 14.6. The zero-order valence-corrected chi connectivity index (χ0v) is 22.1. The summed E-state index contributed by atoms with van der Waals surface area (Å²) in [4.78, 5) is 0.340. The highest BCUT2D eigenvalue weighted by atomic mass is 32.2. The molecule has 0 saturated carbocycles. The van der Waals surface area contributed by atoms with Crippen molar-refractivity contribution < 1.29 is 13.2 Å². The first-order valence-electron chi connectivity index (χ1n) is 10.9. The summed E-state index contributed by atoms with van der Waals surface area (Å²) in [5, 5.41) is 0. The molecular formula is C25H40O3SSi. The molecular weight excluding hydrogens is 408 g/mol. The van der Waals surface area contributed by atoms with E-state index in [2.05, 4.69) is 53.0 Å². The zero-order chi connectivity index (χ0) is 23.2. The molecule has 168 valence electrons. The molecule has 1 aromatic rings. The fourth-order valence-corrected chi connectivity index (χ4v) is 10.9. The summed E-state index contributed by atoms with van der Waals surface area (Å²) in [7, 11) is -5.20. The molecule has 30 heavy (non-hydrogen) atoms. The van der Waals surface area contributed by atoms with Gasteiger partial charge in [0.25, 0.3) is 0 Å². The highest BCUT2D eigenvalue weighted by molar-refractivity contribution is 7.93. The van der Waals surface area contributed by atoms with E-state index in [0.29, 0.717) is 34.7 Å². The number of rotatable bonds is 9. The molecule has 3 nitrogen and oxygen atoms in total. The van der Waals surface area contributed by atoms with E-state index in [1.165, 1.54) is 0 Å². The zero-order valence-electron chi connectivity index (χ0n) is 20.2. The van der Waals surface area contributed by atoms with Gasteiger partial charge in [-0.05, 0) is 49.5 Å². The highest BCUT2D eigenvalue weighted by Crippen LogP contribution is 2.40. The summed E-state index contributed by atoms with van der Waals surface area (Å²) >= 11 is 0. The van der Waals surface area contributed by atoms with Crippen LogP contribution in [0.5, 0.6) is 0 Å². The normalized spacial score (nSPS) is 13.3. The van der Waals surface area contributed by atoms with Gasteiger partial charge in [0.1, 0.15) is 14.7 Å². The summed E-state index contributed by atoms with van der Waals surface area (Å²) in [5.74, 6) is 3.27. The van der Waals surface area contributed by atoms with E-state index in [1.54, 1.807) is 38.1 Å². The molecule has 0 fully saturated rings. The van der Waals surface area contributed by atoms with Crippen LogP contribution in [0.15, 0.2) is 41.3 Å². The Morgan fingerprint density at radius 2 is 1.50 bits per heavy atom. The molecule has 0 atom stereocenters. The van der Waals surface area contributed by atoms with Crippen molar-refractivity contribution in [2.45, 2.75) is 88.6 Å². The molecule has 0 heterocycles. The summed E-state index contributed by atoms with van der Waals surface area (Å²) in [6.07, 6.45) is 3.50. The van der Waals surface area contributed by atoms with Crippen molar-refractivity contribution in [3.63, 3.8) is 0 Å². The Balaban J connectivity index is 2.76. The summed E-state index contributed by atoms with van der Waals surface area (Å²) in [6.45, 7) is 19.8. The van der Waals surface area contributed by atoms with Crippen molar-refractivity contribution in [2.75, 3.05) is 13.2 Å². The van der Waals surface area contributed by atoms with E-state index in [1.807, 2.05) is 19.1 Å². The van der Waals surface area contributed by atoms with Crippen LogP contribution < -0.4 is 0 Å². The smallest absolute Gasteiger partial charge is 0.187 e. The van der Waals surface area contributed by atoms with Crippen LogP contribution in [0.25, 0.3) is 0 Å². The van der Waals surface area contributed by atoms with Crippen LogP contribution in [0, 0.1) is 18.4 Å². The maximum Gasteiger partial charge on any atom is 0.187 e. The number of sulfone groups is 1. The quantitative estimate of drug-likeness (QED) is 0.191. The Bertz CT molecular complexity index is 845. The molecule has 0 bridgehead atoms. The third kappa shape index (κ3) is 6.09. The maximum absolute atomic E-state index is 12.9. The van der Waals surface area contributed by atoms with Crippen LogP contribution in [0.3, 0.4) is 0 Å². The van der Waals surface area contributed by atoms with Crippen molar-refractivity contribution >= 4 is 17.9 Å². The van der Waals surface area contributed by atoms with Crippen molar-refractivity contribution in [2.24, 2.45) is 0 Å². The van der Waals surface area contributed by atoms with Gasteiger partial charge in [0.05, 0.1) is 16.2 Å². The van der Waals surface area contributed by atoms with E-state index in [0.717, 1.165) is 5.56 Å². The van der Waals surface area contributed by atoms with Gasteiger partial charge < -0.3 is 4.74 Å². The number of ether oxygens (including phenoxy) is 1. The molecule has 0 aliphatic carbocycles. The van der Waals surface area contributed by atoms with Gasteiger partial charge in [0.15, 0.2) is 9.84 Å². The molecule has 0 N–H and O–H groups in total. The van der Waals surface area contributed by atoms with Gasteiger partial charge in [0, 0.05) is 0 Å². The first kappa shape index (κ1) is 26.7. The van der Waals surface area contributed by atoms with Gasteiger partial charge >= 0.3 is 0 Å². The average molecular weight is 449 g/mol. The number of hydrogen-bond donors (Lipinski definition) is 0. The van der Waals surface area contributed by atoms with E-state index >= 15 is 0 Å². The molecule has 1 aromatic carbocycles. The minimum Gasteiger partial charge on any atom is -0.365 e. The standard InChI is InChI=1S/C25H40O3SSi/c1-20(2)30(21(3)4,22(5)6)19-11-18-28-17-10-16-25(8,9)29(26,27)24-14-12-23(7)13-15-24/h10,12-16,20-22H,17-18H2,1-9H3/b16-10+. The lowest BCUT2D eigenvalue weighted by Crippen LogP contribution is -2.43. The fourth-order valence-electron chi connectivity index (χ4n) is 4.24. The third-order valence-electron chi connectivity index (χ3n) is 6.10. The second-order valence-corrected chi connectivity index (χ2v) is 17.6. The Morgan fingerprint density at radius 3 is 1.97 bits per heavy atom. The molecule has 0 radical (unpaired) electrons. The number of benzene rings is 1. The van der Waals surface area contributed by atoms with E-state index in [4.69, 9.17) is 4.74 Å². The topological polar surface area (TPSA) is 43.4 Å². The van der Waals surface area contributed by atoms with Crippen LogP contribution in [0.1, 0.15) is 61.0 Å². The molecule has 0 amide bonds. The summed E-state index contributed by atoms with van der Waals surface area (Å²) in [5.41, 5.74) is 6.46. The summed E-state index contributed by atoms with van der Waals surface area (Å²) in [6, 6.07) is 6.98. The third-order valence-corrected chi connectivity index (χ3v) is 14.9. The number of hydrogen-bond acceptors (Lipinski definition) is 3. The van der Waals surface area contributed by atoms with Crippen LogP contribution in [0.4, 0.5) is 0 Å². The molecule has 0 aliphatic heterocycles. The monoisotopic (exact) mass is 448 g/mol. The molecule has 5 heteroatoms. The SMILES string of the molecule is Cc1ccc(S(=O)(=O)C(C)(C)/C=C/COCC#C[Si](C(C)C)(C(C)C)C(C)C)cc1. The van der Waals surface area contributed by atoms with Gasteiger partial charge in [0.2, 0.25) is 0 Å². The van der Waals surface area contributed by atoms with Crippen LogP contribution in [-0.2, 0) is 14.6 Å². The second-order valence-electron chi connectivity index (χ2n) is 9.54.